The van der Waals surface area contributed by atoms with Crippen molar-refractivity contribution in [3.05, 3.63) is 29.6 Å². The summed E-state index contributed by atoms with van der Waals surface area (Å²) in [6, 6.07) is 5.86. The van der Waals surface area contributed by atoms with E-state index in [1.807, 2.05) is 6.07 Å². The Morgan fingerprint density at radius 3 is 2.65 bits per heavy atom. The van der Waals surface area contributed by atoms with Gasteiger partial charge in [-0.3, -0.25) is 0 Å². The molecule has 0 fully saturated rings. The highest BCUT2D eigenvalue weighted by atomic mass is 32.2. The molecule has 0 bridgehead atoms. The molecule has 17 heavy (non-hydrogen) atoms. The van der Waals surface area contributed by atoms with E-state index in [-0.39, 0.29) is 24.3 Å². The molecule has 0 heterocycles. The topological polar surface area (TPSA) is 82.0 Å². The van der Waals surface area contributed by atoms with Gasteiger partial charge < -0.3 is 5.32 Å². The molecule has 0 aliphatic heterocycles. The van der Waals surface area contributed by atoms with E-state index < -0.39 is 15.8 Å². The van der Waals surface area contributed by atoms with Crippen LogP contribution in [-0.4, -0.2) is 27.8 Å². The molecule has 0 spiro atoms. The molecule has 1 aromatic rings. The van der Waals surface area contributed by atoms with Crippen molar-refractivity contribution >= 4 is 15.7 Å². The highest BCUT2D eigenvalue weighted by Crippen LogP contribution is 2.14. The number of rotatable bonds is 5. The number of nitrogens with one attached hydrogen (secondary N) is 2. The molecule has 0 aliphatic rings. The van der Waals surface area contributed by atoms with E-state index >= 15 is 0 Å². The number of benzene rings is 1. The van der Waals surface area contributed by atoms with Crippen LogP contribution < -0.4 is 10.0 Å². The van der Waals surface area contributed by atoms with Crippen LogP contribution in [-0.2, 0) is 10.0 Å². The molecular formula is C10H12FN3O2S. The van der Waals surface area contributed by atoms with E-state index in [4.69, 9.17) is 5.26 Å². The van der Waals surface area contributed by atoms with Gasteiger partial charge in [-0.2, -0.15) is 5.26 Å². The monoisotopic (exact) mass is 257 g/mol. The van der Waals surface area contributed by atoms with Gasteiger partial charge in [0.2, 0.25) is 10.0 Å². The van der Waals surface area contributed by atoms with Gasteiger partial charge >= 0.3 is 0 Å². The van der Waals surface area contributed by atoms with Crippen molar-refractivity contribution in [1.29, 1.82) is 5.26 Å². The first-order valence-electron chi connectivity index (χ1n) is 4.80. The van der Waals surface area contributed by atoms with Crippen LogP contribution in [0.4, 0.5) is 10.1 Å². The second kappa shape index (κ2) is 5.61. The van der Waals surface area contributed by atoms with Gasteiger partial charge in [0.25, 0.3) is 0 Å². The molecule has 0 aliphatic carbocycles. The van der Waals surface area contributed by atoms with Crippen LogP contribution in [0.3, 0.4) is 0 Å². The first-order valence-corrected chi connectivity index (χ1v) is 6.69. The number of nitriles is 1. The molecule has 0 atom stereocenters. The lowest BCUT2D eigenvalue weighted by Gasteiger charge is -2.07. The number of nitrogens with zero attached hydrogens (tertiary/aromatic N) is 1. The lowest BCUT2D eigenvalue weighted by Crippen LogP contribution is -2.27. The standard InChI is InChI=1S/C10H12FN3O2S/c1-17(15,16)14-5-4-13-10-3-2-8(7-12)6-9(10)11/h2-3,6,13-14H,4-5H2,1H3. The number of sulfonamides is 1. The van der Waals surface area contributed by atoms with Crippen LogP contribution in [0.1, 0.15) is 5.56 Å². The fraction of sp³-hybridized carbons (Fsp3) is 0.300. The quantitative estimate of drug-likeness (QED) is 0.759. The van der Waals surface area contributed by atoms with Gasteiger partial charge in [0, 0.05) is 13.1 Å². The van der Waals surface area contributed by atoms with Crippen LogP contribution >= 0.6 is 0 Å². The Hall–Kier alpha value is -1.65. The first kappa shape index (κ1) is 13.4. The van der Waals surface area contributed by atoms with E-state index in [1.54, 1.807) is 0 Å². The Morgan fingerprint density at radius 1 is 1.41 bits per heavy atom. The second-order valence-electron chi connectivity index (χ2n) is 3.40. The highest BCUT2D eigenvalue weighted by molar-refractivity contribution is 7.88. The third kappa shape index (κ3) is 4.80. The molecule has 0 saturated heterocycles. The lowest BCUT2D eigenvalue weighted by atomic mass is 10.2. The number of anilines is 1. The van der Waals surface area contributed by atoms with Gasteiger partial charge in [0.15, 0.2) is 0 Å². The molecule has 0 amide bonds. The average Bonchev–Trinajstić information content (AvgIpc) is 2.24. The van der Waals surface area contributed by atoms with Crippen molar-refractivity contribution in [1.82, 2.24) is 4.72 Å². The van der Waals surface area contributed by atoms with Gasteiger partial charge in [0.1, 0.15) is 5.82 Å². The van der Waals surface area contributed by atoms with E-state index in [1.165, 1.54) is 12.1 Å². The summed E-state index contributed by atoms with van der Waals surface area (Å²) in [5, 5.41) is 11.3. The molecule has 2 N–H and O–H groups in total. The Morgan fingerprint density at radius 2 is 2.12 bits per heavy atom. The maximum Gasteiger partial charge on any atom is 0.208 e. The largest absolute Gasteiger partial charge is 0.381 e. The zero-order valence-electron chi connectivity index (χ0n) is 9.20. The van der Waals surface area contributed by atoms with E-state index in [0.29, 0.717) is 0 Å². The summed E-state index contributed by atoms with van der Waals surface area (Å²) in [5.74, 6) is -0.539. The SMILES string of the molecule is CS(=O)(=O)NCCNc1ccc(C#N)cc1F. The molecule has 92 valence electrons. The summed E-state index contributed by atoms with van der Waals surface area (Å²) in [6.07, 6.45) is 1.05. The Bertz CT molecular complexity index is 537. The van der Waals surface area contributed by atoms with E-state index in [2.05, 4.69) is 10.0 Å². The second-order valence-corrected chi connectivity index (χ2v) is 5.23. The maximum atomic E-state index is 13.3. The van der Waals surface area contributed by atoms with Crippen molar-refractivity contribution in [2.75, 3.05) is 24.7 Å². The molecule has 0 unspecified atom stereocenters. The van der Waals surface area contributed by atoms with E-state index in [0.717, 1.165) is 12.3 Å². The zero-order chi connectivity index (χ0) is 12.9. The summed E-state index contributed by atoms with van der Waals surface area (Å²) < 4.78 is 37.1. The van der Waals surface area contributed by atoms with Gasteiger partial charge in [-0.1, -0.05) is 0 Å². The number of halogens is 1. The van der Waals surface area contributed by atoms with Crippen molar-refractivity contribution < 1.29 is 12.8 Å². The lowest BCUT2D eigenvalue weighted by molar-refractivity contribution is 0.589. The number of hydrogen-bond acceptors (Lipinski definition) is 4. The molecule has 7 heteroatoms. The van der Waals surface area contributed by atoms with Crippen LogP contribution in [0.2, 0.25) is 0 Å². The van der Waals surface area contributed by atoms with Gasteiger partial charge in [-0.05, 0) is 18.2 Å². The molecular weight excluding hydrogens is 245 g/mol. The minimum absolute atomic E-state index is 0.165. The van der Waals surface area contributed by atoms with E-state index in [9.17, 15) is 12.8 Å². The summed E-state index contributed by atoms with van der Waals surface area (Å²) in [6.45, 7) is 0.425. The van der Waals surface area contributed by atoms with Crippen molar-refractivity contribution in [3.63, 3.8) is 0 Å². The van der Waals surface area contributed by atoms with Crippen molar-refractivity contribution in [3.8, 4) is 6.07 Å². The molecule has 1 aromatic carbocycles. The zero-order valence-corrected chi connectivity index (χ0v) is 10.0. The summed E-state index contributed by atoms with van der Waals surface area (Å²) in [5.41, 5.74) is 0.474. The average molecular weight is 257 g/mol. The minimum atomic E-state index is -3.23. The summed E-state index contributed by atoms with van der Waals surface area (Å²) in [7, 11) is -3.23. The van der Waals surface area contributed by atoms with Gasteiger partial charge in [0.05, 0.1) is 23.6 Å². The molecule has 0 aromatic heterocycles. The third-order valence-electron chi connectivity index (χ3n) is 1.90. The summed E-state index contributed by atoms with van der Waals surface area (Å²) >= 11 is 0. The fourth-order valence-corrected chi connectivity index (χ4v) is 1.63. The normalized spacial score (nSPS) is 10.9. The highest BCUT2D eigenvalue weighted by Gasteiger charge is 2.03. The van der Waals surface area contributed by atoms with Crippen molar-refractivity contribution in [2.24, 2.45) is 0 Å². The Labute approximate surface area is 99.3 Å². The molecule has 0 radical (unpaired) electrons. The maximum absolute atomic E-state index is 13.3. The van der Waals surface area contributed by atoms with Gasteiger partial charge in [-0.15, -0.1) is 0 Å². The smallest absolute Gasteiger partial charge is 0.208 e. The Balaban J connectivity index is 2.51. The predicted octanol–water partition coefficient (Wildman–Crippen LogP) is 0.658. The molecule has 1 rings (SSSR count). The molecule has 5 nitrogen and oxygen atoms in total. The molecule has 0 saturated carbocycles. The van der Waals surface area contributed by atoms with Crippen molar-refractivity contribution in [2.45, 2.75) is 0 Å². The van der Waals surface area contributed by atoms with Crippen LogP contribution in [0.5, 0.6) is 0 Å². The first-order chi connectivity index (χ1) is 7.92. The minimum Gasteiger partial charge on any atom is -0.381 e. The van der Waals surface area contributed by atoms with Crippen LogP contribution in [0, 0.1) is 17.1 Å². The van der Waals surface area contributed by atoms with Crippen LogP contribution in [0.25, 0.3) is 0 Å². The Kier molecular flexibility index (Phi) is 4.43. The third-order valence-corrected chi connectivity index (χ3v) is 2.63. The summed E-state index contributed by atoms with van der Waals surface area (Å²) in [4.78, 5) is 0. The number of hydrogen-bond donors (Lipinski definition) is 2. The van der Waals surface area contributed by atoms with Gasteiger partial charge in [-0.25, -0.2) is 17.5 Å². The predicted molar refractivity (Wildman–Crippen MR) is 62.5 cm³/mol. The fourth-order valence-electron chi connectivity index (χ4n) is 1.16. The van der Waals surface area contributed by atoms with Crippen LogP contribution in [0.15, 0.2) is 18.2 Å².